The van der Waals surface area contributed by atoms with E-state index in [0.29, 0.717) is 6.61 Å². The van der Waals surface area contributed by atoms with Crippen LogP contribution in [0.1, 0.15) is 40.2 Å². The SMILES string of the molecule is CCCOC(=O)C(Br)C(=O)OCC.CCOC(=O)C(C(=O)OCC)n1cncn1. The predicted octanol–water partition coefficient (Wildman–Crippen LogP) is 1.21. The van der Waals surface area contributed by atoms with Gasteiger partial charge in [0.05, 0.1) is 26.4 Å². The van der Waals surface area contributed by atoms with Crippen molar-refractivity contribution in [3.63, 3.8) is 0 Å². The van der Waals surface area contributed by atoms with Crippen LogP contribution in [-0.4, -0.2) is 69.9 Å². The Morgan fingerprint density at radius 1 is 0.862 bits per heavy atom. The van der Waals surface area contributed by atoms with E-state index in [4.69, 9.17) is 14.2 Å². The fourth-order valence-electron chi connectivity index (χ4n) is 1.69. The molecule has 0 spiro atoms. The molecule has 164 valence electrons. The molecule has 1 atom stereocenters. The van der Waals surface area contributed by atoms with Crippen molar-refractivity contribution in [3.8, 4) is 0 Å². The molecular formula is C17H26BrN3O8. The quantitative estimate of drug-likeness (QED) is 0.208. The minimum atomic E-state index is -1.22. The number of nitrogens with zero attached hydrogens (tertiary/aromatic N) is 3. The zero-order chi connectivity index (χ0) is 22.2. The minimum Gasteiger partial charge on any atom is -0.465 e. The molecule has 1 aromatic rings. The Morgan fingerprint density at radius 3 is 1.76 bits per heavy atom. The van der Waals surface area contributed by atoms with Gasteiger partial charge < -0.3 is 18.9 Å². The Balaban J connectivity index is 0.000000555. The number of rotatable bonds is 10. The fourth-order valence-corrected chi connectivity index (χ4v) is 1.96. The zero-order valence-electron chi connectivity index (χ0n) is 16.8. The van der Waals surface area contributed by atoms with Crippen LogP contribution in [0, 0.1) is 0 Å². The van der Waals surface area contributed by atoms with Crippen LogP contribution in [0.2, 0.25) is 0 Å². The van der Waals surface area contributed by atoms with Gasteiger partial charge in [-0.25, -0.2) is 19.3 Å². The summed E-state index contributed by atoms with van der Waals surface area (Å²) in [6.45, 7) is 7.80. The highest BCUT2D eigenvalue weighted by Crippen LogP contribution is 2.09. The maximum absolute atomic E-state index is 11.5. The molecule has 1 aromatic heterocycles. The number of halogens is 1. The van der Waals surface area contributed by atoms with Crippen molar-refractivity contribution in [1.82, 2.24) is 14.8 Å². The largest absolute Gasteiger partial charge is 0.465 e. The van der Waals surface area contributed by atoms with Gasteiger partial charge in [-0.05, 0) is 27.2 Å². The Labute approximate surface area is 177 Å². The van der Waals surface area contributed by atoms with Crippen molar-refractivity contribution in [2.45, 2.75) is 45.0 Å². The Morgan fingerprint density at radius 2 is 1.34 bits per heavy atom. The Kier molecular flexibility index (Phi) is 14.1. The molecule has 0 aromatic carbocycles. The van der Waals surface area contributed by atoms with Gasteiger partial charge in [0.2, 0.25) is 10.9 Å². The third-order valence-electron chi connectivity index (χ3n) is 2.87. The standard InChI is InChI=1S/C9H13N3O4.C8H13BrO4/c1-3-15-8(13)7(9(14)16-4-2)12-6-10-5-11-12;1-3-5-13-8(11)6(9)7(10)12-4-2/h5-7H,3-4H2,1-2H3;6H,3-5H2,1-2H3. The van der Waals surface area contributed by atoms with Gasteiger partial charge in [0.15, 0.2) is 0 Å². The van der Waals surface area contributed by atoms with Crippen molar-refractivity contribution >= 4 is 39.8 Å². The molecule has 1 heterocycles. The molecule has 0 aliphatic heterocycles. The molecule has 0 saturated heterocycles. The van der Waals surface area contributed by atoms with E-state index < -0.39 is 34.7 Å². The number of alkyl halides is 1. The van der Waals surface area contributed by atoms with Crippen molar-refractivity contribution in [2.24, 2.45) is 0 Å². The second-order valence-electron chi connectivity index (χ2n) is 5.06. The highest BCUT2D eigenvalue weighted by Gasteiger charge is 2.32. The van der Waals surface area contributed by atoms with Crippen LogP contribution in [-0.2, 0) is 38.1 Å². The Bertz CT molecular complexity index is 621. The van der Waals surface area contributed by atoms with E-state index in [0.717, 1.165) is 11.1 Å². The molecule has 0 amide bonds. The number of esters is 4. The molecule has 11 nitrogen and oxygen atoms in total. The molecule has 0 radical (unpaired) electrons. The van der Waals surface area contributed by atoms with E-state index >= 15 is 0 Å². The lowest BCUT2D eigenvalue weighted by atomic mass is 10.3. The molecule has 0 aliphatic carbocycles. The van der Waals surface area contributed by atoms with Crippen molar-refractivity contribution in [1.29, 1.82) is 0 Å². The third-order valence-corrected chi connectivity index (χ3v) is 3.62. The minimum absolute atomic E-state index is 0.184. The molecule has 1 rings (SSSR count). The molecule has 0 fully saturated rings. The van der Waals surface area contributed by atoms with Crippen LogP contribution < -0.4 is 0 Å². The lowest BCUT2D eigenvalue weighted by molar-refractivity contribution is -0.161. The van der Waals surface area contributed by atoms with Crippen LogP contribution in [0.3, 0.4) is 0 Å². The topological polar surface area (TPSA) is 136 Å². The first-order valence-electron chi connectivity index (χ1n) is 8.98. The number of hydrogen-bond acceptors (Lipinski definition) is 10. The first kappa shape index (κ1) is 26.5. The number of carbonyl (C=O) groups excluding carboxylic acids is 4. The van der Waals surface area contributed by atoms with Crippen LogP contribution in [0.25, 0.3) is 0 Å². The summed E-state index contributed by atoms with van der Waals surface area (Å²) < 4.78 is 20.0. The summed E-state index contributed by atoms with van der Waals surface area (Å²) in [6, 6.07) is -1.22. The maximum atomic E-state index is 11.5. The lowest BCUT2D eigenvalue weighted by Crippen LogP contribution is -2.31. The molecule has 0 bridgehead atoms. The first-order valence-corrected chi connectivity index (χ1v) is 9.90. The summed E-state index contributed by atoms with van der Waals surface area (Å²) in [5, 5.41) is 3.73. The van der Waals surface area contributed by atoms with Gasteiger partial charge in [-0.3, -0.25) is 9.59 Å². The van der Waals surface area contributed by atoms with E-state index in [2.05, 4.69) is 30.7 Å². The highest BCUT2D eigenvalue weighted by molar-refractivity contribution is 9.10. The van der Waals surface area contributed by atoms with Crippen LogP contribution in [0.15, 0.2) is 12.7 Å². The summed E-state index contributed by atoms with van der Waals surface area (Å²) in [4.78, 5) is 47.8. The van der Waals surface area contributed by atoms with Crippen LogP contribution in [0.5, 0.6) is 0 Å². The molecule has 1 unspecified atom stereocenters. The predicted molar refractivity (Wildman–Crippen MR) is 103 cm³/mol. The second kappa shape index (κ2) is 15.4. The number of carbonyl (C=O) groups is 4. The summed E-state index contributed by atoms with van der Waals surface area (Å²) in [7, 11) is 0. The van der Waals surface area contributed by atoms with Gasteiger partial charge in [0.1, 0.15) is 12.7 Å². The van der Waals surface area contributed by atoms with Crippen LogP contribution >= 0.6 is 15.9 Å². The van der Waals surface area contributed by atoms with E-state index in [9.17, 15) is 19.2 Å². The molecule has 29 heavy (non-hydrogen) atoms. The van der Waals surface area contributed by atoms with E-state index in [1.807, 2.05) is 6.92 Å². The number of aromatic nitrogens is 3. The smallest absolute Gasteiger partial charge is 0.342 e. The van der Waals surface area contributed by atoms with Crippen molar-refractivity contribution in [2.75, 3.05) is 26.4 Å². The normalized spacial score (nSPS) is 11.0. The first-order chi connectivity index (χ1) is 13.8. The summed E-state index contributed by atoms with van der Waals surface area (Å²) >= 11 is 2.89. The Hall–Kier alpha value is -2.50. The lowest BCUT2D eigenvalue weighted by Gasteiger charge is -2.13. The molecule has 0 aliphatic rings. The molecular weight excluding hydrogens is 454 g/mol. The van der Waals surface area contributed by atoms with Crippen LogP contribution in [0.4, 0.5) is 0 Å². The van der Waals surface area contributed by atoms with Gasteiger partial charge in [-0.2, -0.15) is 5.10 Å². The van der Waals surface area contributed by atoms with Gasteiger partial charge in [0.25, 0.3) is 0 Å². The average molecular weight is 480 g/mol. The third kappa shape index (κ3) is 10.0. The van der Waals surface area contributed by atoms with E-state index in [1.165, 1.54) is 12.7 Å². The monoisotopic (exact) mass is 479 g/mol. The van der Waals surface area contributed by atoms with Gasteiger partial charge in [-0.1, -0.05) is 22.9 Å². The highest BCUT2D eigenvalue weighted by atomic mass is 79.9. The van der Waals surface area contributed by atoms with E-state index in [1.54, 1.807) is 20.8 Å². The number of hydrogen-bond donors (Lipinski definition) is 0. The van der Waals surface area contributed by atoms with Gasteiger partial charge in [-0.15, -0.1) is 0 Å². The number of ether oxygens (including phenoxy) is 4. The second-order valence-corrected chi connectivity index (χ2v) is 5.98. The molecule has 12 heteroatoms. The van der Waals surface area contributed by atoms with Gasteiger partial charge >= 0.3 is 23.9 Å². The summed E-state index contributed by atoms with van der Waals surface area (Å²) in [6.07, 6.45) is 3.22. The van der Waals surface area contributed by atoms with E-state index in [-0.39, 0.29) is 19.8 Å². The molecule has 0 saturated carbocycles. The zero-order valence-corrected chi connectivity index (χ0v) is 18.4. The summed E-state index contributed by atoms with van der Waals surface area (Å²) in [5.74, 6) is -2.61. The maximum Gasteiger partial charge on any atom is 0.342 e. The fraction of sp³-hybridized carbons (Fsp3) is 0.647. The average Bonchev–Trinajstić information content (AvgIpc) is 3.21. The van der Waals surface area contributed by atoms with Gasteiger partial charge in [0, 0.05) is 0 Å². The van der Waals surface area contributed by atoms with Crippen molar-refractivity contribution < 1.29 is 38.1 Å². The molecule has 0 N–H and O–H groups in total. The summed E-state index contributed by atoms with van der Waals surface area (Å²) in [5.41, 5.74) is 0. The van der Waals surface area contributed by atoms with Crippen molar-refractivity contribution in [3.05, 3.63) is 12.7 Å².